The van der Waals surface area contributed by atoms with Gasteiger partial charge in [-0.25, -0.2) is 15.0 Å². The van der Waals surface area contributed by atoms with Gasteiger partial charge in [-0.05, 0) is 26.0 Å². The van der Waals surface area contributed by atoms with Crippen LogP contribution in [-0.2, 0) is 24.8 Å². The Morgan fingerprint density at radius 1 is 1.03 bits per heavy atom. The van der Waals surface area contributed by atoms with E-state index in [1.54, 1.807) is 11.3 Å². The smallest absolute Gasteiger partial charge is 0.239 e. The average Bonchev–Trinajstić information content (AvgIpc) is 3.56. The van der Waals surface area contributed by atoms with Gasteiger partial charge in [0.1, 0.15) is 11.6 Å². The van der Waals surface area contributed by atoms with Crippen LogP contribution in [0, 0.1) is 13.8 Å². The number of thiazole rings is 1. The van der Waals surface area contributed by atoms with Gasteiger partial charge in [0.15, 0.2) is 17.0 Å². The fourth-order valence-electron chi connectivity index (χ4n) is 4.65. The van der Waals surface area contributed by atoms with Crippen LogP contribution in [0.1, 0.15) is 22.4 Å². The summed E-state index contributed by atoms with van der Waals surface area (Å²) in [6, 6.07) is 8.08. The van der Waals surface area contributed by atoms with E-state index >= 15 is 0 Å². The lowest BCUT2D eigenvalue weighted by atomic mass is 10.3. The Morgan fingerprint density at radius 2 is 1.86 bits per heavy atom. The largest absolute Gasteiger partial charge is 0.378 e. The number of aromatic nitrogens is 7. The van der Waals surface area contributed by atoms with E-state index in [1.807, 2.05) is 43.7 Å². The molecule has 36 heavy (non-hydrogen) atoms. The molecule has 1 saturated heterocycles. The SMILES string of the molecule is Cc1csc(CCNCc2nc3c(N4CCOCC4)nc(-n4c(C)nc5ccccc54)nc3n2C)n1. The fraction of sp³-hybridized carbons (Fsp3) is 0.400. The summed E-state index contributed by atoms with van der Waals surface area (Å²) < 4.78 is 9.70. The van der Waals surface area contributed by atoms with Crippen molar-refractivity contribution in [2.45, 2.75) is 26.8 Å². The normalized spacial score (nSPS) is 14.4. The second kappa shape index (κ2) is 9.57. The van der Waals surface area contributed by atoms with Crippen LogP contribution in [0.25, 0.3) is 28.1 Å². The predicted octanol–water partition coefficient (Wildman–Crippen LogP) is 2.94. The topological polar surface area (TPSA) is 98.8 Å². The van der Waals surface area contributed by atoms with E-state index < -0.39 is 0 Å². The Kier molecular flexibility index (Phi) is 6.12. The number of para-hydroxylation sites is 2. The number of rotatable bonds is 7. The highest BCUT2D eigenvalue weighted by atomic mass is 32.1. The standard InChI is InChI=1S/C25H29N9OS/c1-16-15-36-21(27-16)8-9-26-14-20-29-22-23(32(20)3)30-25(31-24(22)33-10-12-35-13-11-33)34-17(2)28-18-6-4-5-7-19(18)34/h4-7,15,26H,8-14H2,1-3H3. The summed E-state index contributed by atoms with van der Waals surface area (Å²) in [5.41, 5.74) is 4.63. The Morgan fingerprint density at radius 3 is 2.67 bits per heavy atom. The molecule has 0 aliphatic carbocycles. The van der Waals surface area contributed by atoms with Gasteiger partial charge in [-0.1, -0.05) is 12.1 Å². The number of nitrogens with one attached hydrogen (secondary N) is 1. The molecule has 5 heterocycles. The van der Waals surface area contributed by atoms with Crippen LogP contribution in [0.3, 0.4) is 0 Å². The van der Waals surface area contributed by atoms with E-state index in [0.717, 1.165) is 76.4 Å². The molecule has 6 rings (SSSR count). The lowest BCUT2D eigenvalue weighted by Crippen LogP contribution is -2.37. The van der Waals surface area contributed by atoms with Crippen LogP contribution in [0.15, 0.2) is 29.6 Å². The molecule has 11 heteroatoms. The summed E-state index contributed by atoms with van der Waals surface area (Å²) in [6.45, 7) is 8.38. The molecular weight excluding hydrogens is 474 g/mol. The molecule has 4 aromatic heterocycles. The summed E-state index contributed by atoms with van der Waals surface area (Å²) in [5, 5.41) is 6.77. The Bertz CT molecular complexity index is 1530. The molecule has 186 valence electrons. The van der Waals surface area contributed by atoms with Gasteiger partial charge < -0.3 is 19.5 Å². The van der Waals surface area contributed by atoms with Gasteiger partial charge in [-0.15, -0.1) is 11.3 Å². The van der Waals surface area contributed by atoms with Crippen LogP contribution < -0.4 is 10.2 Å². The van der Waals surface area contributed by atoms with Gasteiger partial charge in [0.2, 0.25) is 5.95 Å². The van der Waals surface area contributed by atoms with Crippen LogP contribution in [0.2, 0.25) is 0 Å². The molecule has 0 unspecified atom stereocenters. The van der Waals surface area contributed by atoms with Gasteiger partial charge in [-0.3, -0.25) is 4.57 Å². The van der Waals surface area contributed by atoms with Gasteiger partial charge in [0.05, 0.1) is 35.8 Å². The molecule has 0 saturated carbocycles. The number of morpholine rings is 1. The zero-order chi connectivity index (χ0) is 24.6. The number of hydrogen-bond donors (Lipinski definition) is 1. The van der Waals surface area contributed by atoms with Crippen LogP contribution >= 0.6 is 11.3 Å². The third kappa shape index (κ3) is 4.23. The minimum Gasteiger partial charge on any atom is -0.378 e. The molecule has 1 aliphatic rings. The van der Waals surface area contributed by atoms with E-state index in [0.29, 0.717) is 25.7 Å². The average molecular weight is 504 g/mol. The minimum atomic E-state index is 0.608. The molecule has 1 fully saturated rings. The summed E-state index contributed by atoms with van der Waals surface area (Å²) in [5.74, 6) is 3.23. The summed E-state index contributed by atoms with van der Waals surface area (Å²) >= 11 is 1.71. The third-order valence-electron chi connectivity index (χ3n) is 6.49. The van der Waals surface area contributed by atoms with Gasteiger partial charge in [0.25, 0.3) is 0 Å². The first-order valence-corrected chi connectivity index (χ1v) is 13.1. The number of aryl methyl sites for hydroxylation is 3. The lowest BCUT2D eigenvalue weighted by Gasteiger charge is -2.28. The van der Waals surface area contributed by atoms with E-state index in [1.165, 1.54) is 0 Å². The van der Waals surface area contributed by atoms with Crippen molar-refractivity contribution in [3.63, 3.8) is 0 Å². The molecule has 0 radical (unpaired) electrons. The molecule has 0 spiro atoms. The molecular formula is C25H29N9OS. The predicted molar refractivity (Wildman–Crippen MR) is 141 cm³/mol. The second-order valence-corrected chi connectivity index (χ2v) is 9.94. The summed E-state index contributed by atoms with van der Waals surface area (Å²) in [7, 11) is 2.02. The van der Waals surface area contributed by atoms with Crippen molar-refractivity contribution in [2.75, 3.05) is 37.7 Å². The number of anilines is 1. The maximum atomic E-state index is 5.60. The van der Waals surface area contributed by atoms with Crippen molar-refractivity contribution in [3.8, 4) is 5.95 Å². The van der Waals surface area contributed by atoms with E-state index in [4.69, 9.17) is 24.7 Å². The third-order valence-corrected chi connectivity index (χ3v) is 7.51. The zero-order valence-corrected chi connectivity index (χ0v) is 21.5. The van der Waals surface area contributed by atoms with Crippen molar-refractivity contribution < 1.29 is 4.74 Å². The van der Waals surface area contributed by atoms with Crippen molar-refractivity contribution in [1.29, 1.82) is 0 Å². The molecule has 0 atom stereocenters. The first-order chi connectivity index (χ1) is 17.6. The number of benzene rings is 1. The number of fused-ring (bicyclic) bond motifs is 2. The Balaban J connectivity index is 1.37. The maximum Gasteiger partial charge on any atom is 0.239 e. The molecule has 1 aromatic carbocycles. The molecule has 1 N–H and O–H groups in total. The molecule has 1 aliphatic heterocycles. The Labute approximate surface area is 213 Å². The molecule has 5 aromatic rings. The molecule has 10 nitrogen and oxygen atoms in total. The van der Waals surface area contributed by atoms with Crippen LogP contribution in [0.4, 0.5) is 5.82 Å². The first kappa shape index (κ1) is 23.0. The molecule has 0 amide bonds. The second-order valence-electron chi connectivity index (χ2n) is 9.00. The van der Waals surface area contributed by atoms with Crippen molar-refractivity contribution in [3.05, 3.63) is 52.0 Å². The Hall–Kier alpha value is -3.41. The van der Waals surface area contributed by atoms with Crippen molar-refractivity contribution in [1.82, 2.24) is 39.4 Å². The van der Waals surface area contributed by atoms with E-state index in [9.17, 15) is 0 Å². The monoisotopic (exact) mass is 503 g/mol. The number of nitrogens with zero attached hydrogens (tertiary/aromatic N) is 8. The van der Waals surface area contributed by atoms with E-state index in [-0.39, 0.29) is 0 Å². The first-order valence-electron chi connectivity index (χ1n) is 12.2. The number of ether oxygens (including phenoxy) is 1. The minimum absolute atomic E-state index is 0.608. The lowest BCUT2D eigenvalue weighted by molar-refractivity contribution is 0.122. The molecule has 0 bridgehead atoms. The van der Waals surface area contributed by atoms with Crippen molar-refractivity contribution in [2.24, 2.45) is 7.05 Å². The number of imidazole rings is 2. The highest BCUT2D eigenvalue weighted by Crippen LogP contribution is 2.28. The fourth-order valence-corrected chi connectivity index (χ4v) is 5.42. The van der Waals surface area contributed by atoms with Gasteiger partial charge in [0, 0.05) is 44.2 Å². The zero-order valence-electron chi connectivity index (χ0n) is 20.7. The van der Waals surface area contributed by atoms with E-state index in [2.05, 4.69) is 31.2 Å². The van der Waals surface area contributed by atoms with Gasteiger partial charge >= 0.3 is 0 Å². The quantitative estimate of drug-likeness (QED) is 0.339. The summed E-state index contributed by atoms with van der Waals surface area (Å²) in [4.78, 5) is 26.6. The van der Waals surface area contributed by atoms with Gasteiger partial charge in [-0.2, -0.15) is 9.97 Å². The van der Waals surface area contributed by atoms with Crippen LogP contribution in [-0.4, -0.2) is 66.9 Å². The number of hydrogen-bond acceptors (Lipinski definition) is 9. The highest BCUT2D eigenvalue weighted by Gasteiger charge is 2.23. The summed E-state index contributed by atoms with van der Waals surface area (Å²) in [6.07, 6.45) is 0.901. The van der Waals surface area contributed by atoms with Crippen molar-refractivity contribution >= 4 is 39.4 Å². The van der Waals surface area contributed by atoms with Crippen LogP contribution in [0.5, 0.6) is 0 Å². The highest BCUT2D eigenvalue weighted by molar-refractivity contribution is 7.09. The maximum absolute atomic E-state index is 5.60.